The van der Waals surface area contributed by atoms with Gasteiger partial charge in [0.15, 0.2) is 0 Å². The zero-order valence-electron chi connectivity index (χ0n) is 8.09. The molecule has 0 radical (unpaired) electrons. The molecule has 0 amide bonds. The lowest BCUT2D eigenvalue weighted by molar-refractivity contribution is 0.823. The smallest absolute Gasteiger partial charge is 0.0884 e. The molecule has 1 aromatic heterocycles. The normalized spacial score (nSPS) is 9.92. The molecule has 2 nitrogen and oxygen atoms in total. The van der Waals surface area contributed by atoms with E-state index in [2.05, 4.69) is 18.5 Å². The van der Waals surface area contributed by atoms with Crippen molar-refractivity contribution in [2.75, 3.05) is 5.73 Å². The molecule has 0 saturated heterocycles. The molecule has 0 bridgehead atoms. The average molecular weight is 176 g/mol. The van der Waals surface area contributed by atoms with Crippen LogP contribution in [0, 0.1) is 0 Å². The minimum atomic E-state index is 0.726. The summed E-state index contributed by atoms with van der Waals surface area (Å²) in [5.41, 5.74) is 8.39. The van der Waals surface area contributed by atoms with Crippen LogP contribution in [0.1, 0.15) is 31.9 Å². The summed E-state index contributed by atoms with van der Waals surface area (Å²) in [6.45, 7) is 6.14. The van der Waals surface area contributed by atoms with Crippen LogP contribution in [0.2, 0.25) is 0 Å². The van der Waals surface area contributed by atoms with Gasteiger partial charge in [-0.05, 0) is 30.5 Å². The van der Waals surface area contributed by atoms with Crippen molar-refractivity contribution in [3.05, 3.63) is 30.6 Å². The van der Waals surface area contributed by atoms with Crippen molar-refractivity contribution in [3.63, 3.8) is 0 Å². The lowest BCUT2D eigenvalue weighted by Crippen LogP contribution is -1.95. The van der Waals surface area contributed by atoms with Gasteiger partial charge in [-0.25, -0.2) is 0 Å². The van der Waals surface area contributed by atoms with Gasteiger partial charge < -0.3 is 5.73 Å². The van der Waals surface area contributed by atoms with Crippen molar-refractivity contribution in [1.82, 2.24) is 4.98 Å². The minimum absolute atomic E-state index is 0.726. The summed E-state index contributed by atoms with van der Waals surface area (Å²) in [4.78, 5) is 4.21. The highest BCUT2D eigenvalue weighted by molar-refractivity contribution is 5.70. The van der Waals surface area contributed by atoms with E-state index in [1.54, 1.807) is 6.20 Å². The maximum absolute atomic E-state index is 5.77. The summed E-state index contributed by atoms with van der Waals surface area (Å²) in [6, 6.07) is 3.70. The van der Waals surface area contributed by atoms with Crippen molar-refractivity contribution in [2.24, 2.45) is 0 Å². The van der Waals surface area contributed by atoms with Gasteiger partial charge in [0.1, 0.15) is 0 Å². The molecule has 0 aliphatic rings. The number of nitrogens with zero attached hydrogens (tertiary/aromatic N) is 1. The number of allylic oxidation sites excluding steroid dienone is 1. The standard InChI is InChI=1S/C11H16N2/c1-3-4-6-9(2)11-10(12)7-5-8-13-11/h5,7-8H,2-4,6,12H2,1H3. The monoisotopic (exact) mass is 176 g/mol. The SMILES string of the molecule is C=C(CCCC)c1ncccc1N. The molecule has 2 heteroatoms. The van der Waals surface area contributed by atoms with Crippen LogP contribution in [-0.4, -0.2) is 4.98 Å². The molecule has 1 heterocycles. The van der Waals surface area contributed by atoms with Gasteiger partial charge in [0, 0.05) is 6.20 Å². The van der Waals surface area contributed by atoms with E-state index in [0.717, 1.165) is 29.8 Å². The van der Waals surface area contributed by atoms with Gasteiger partial charge in [0.25, 0.3) is 0 Å². The Morgan fingerprint density at radius 1 is 1.62 bits per heavy atom. The number of nitrogens with two attached hydrogens (primary N) is 1. The molecule has 70 valence electrons. The van der Waals surface area contributed by atoms with Crippen LogP contribution in [-0.2, 0) is 0 Å². The number of anilines is 1. The number of pyridine rings is 1. The summed E-state index contributed by atoms with van der Waals surface area (Å²) in [6.07, 6.45) is 5.06. The number of unbranched alkanes of at least 4 members (excludes halogenated alkanes) is 1. The van der Waals surface area contributed by atoms with Crippen molar-refractivity contribution < 1.29 is 0 Å². The summed E-state index contributed by atoms with van der Waals surface area (Å²) >= 11 is 0. The Balaban J connectivity index is 2.71. The molecule has 1 aromatic rings. The van der Waals surface area contributed by atoms with Crippen molar-refractivity contribution in [1.29, 1.82) is 0 Å². The third-order valence-electron chi connectivity index (χ3n) is 2.01. The van der Waals surface area contributed by atoms with Gasteiger partial charge in [-0.1, -0.05) is 19.9 Å². The molecule has 13 heavy (non-hydrogen) atoms. The number of rotatable bonds is 4. The first kappa shape index (κ1) is 9.78. The molecule has 0 unspecified atom stereocenters. The van der Waals surface area contributed by atoms with Gasteiger partial charge in [0.2, 0.25) is 0 Å². The number of aromatic nitrogens is 1. The van der Waals surface area contributed by atoms with Crippen LogP contribution in [0.5, 0.6) is 0 Å². The number of nitrogen functional groups attached to an aromatic ring is 1. The lowest BCUT2D eigenvalue weighted by Gasteiger charge is -2.06. The highest BCUT2D eigenvalue weighted by atomic mass is 14.7. The van der Waals surface area contributed by atoms with Crippen LogP contribution in [0.15, 0.2) is 24.9 Å². The molecule has 0 saturated carbocycles. The molecule has 2 N–H and O–H groups in total. The van der Waals surface area contributed by atoms with Crippen LogP contribution in [0.4, 0.5) is 5.69 Å². The molecule has 0 spiro atoms. The minimum Gasteiger partial charge on any atom is -0.397 e. The largest absolute Gasteiger partial charge is 0.397 e. The molecule has 0 atom stereocenters. The zero-order valence-corrected chi connectivity index (χ0v) is 8.09. The molecule has 0 fully saturated rings. The van der Waals surface area contributed by atoms with Crippen molar-refractivity contribution >= 4 is 11.3 Å². The molecule has 1 rings (SSSR count). The van der Waals surface area contributed by atoms with Crippen LogP contribution < -0.4 is 5.73 Å². The van der Waals surface area contributed by atoms with Crippen molar-refractivity contribution in [3.8, 4) is 0 Å². The van der Waals surface area contributed by atoms with E-state index in [1.807, 2.05) is 12.1 Å². The van der Waals surface area contributed by atoms with Gasteiger partial charge in [0.05, 0.1) is 11.4 Å². The van der Waals surface area contributed by atoms with E-state index >= 15 is 0 Å². The quantitative estimate of drug-likeness (QED) is 0.766. The Labute approximate surface area is 79.5 Å². The lowest BCUT2D eigenvalue weighted by atomic mass is 10.1. The highest BCUT2D eigenvalue weighted by Crippen LogP contribution is 2.21. The number of hydrogen-bond donors (Lipinski definition) is 1. The Hall–Kier alpha value is -1.31. The topological polar surface area (TPSA) is 38.9 Å². The second-order valence-electron chi connectivity index (χ2n) is 3.15. The molecule has 0 aliphatic carbocycles. The van der Waals surface area contributed by atoms with E-state index in [-0.39, 0.29) is 0 Å². The maximum Gasteiger partial charge on any atom is 0.0884 e. The highest BCUT2D eigenvalue weighted by Gasteiger charge is 2.02. The van der Waals surface area contributed by atoms with E-state index in [0.29, 0.717) is 0 Å². The van der Waals surface area contributed by atoms with Crippen LogP contribution in [0.25, 0.3) is 5.57 Å². The van der Waals surface area contributed by atoms with Gasteiger partial charge in [-0.3, -0.25) is 4.98 Å². The van der Waals surface area contributed by atoms with Gasteiger partial charge in [-0.2, -0.15) is 0 Å². The summed E-state index contributed by atoms with van der Waals surface area (Å²) < 4.78 is 0. The van der Waals surface area contributed by atoms with E-state index < -0.39 is 0 Å². The predicted octanol–water partition coefficient (Wildman–Crippen LogP) is 2.87. The second-order valence-corrected chi connectivity index (χ2v) is 3.15. The van der Waals surface area contributed by atoms with Crippen LogP contribution >= 0.6 is 0 Å². The van der Waals surface area contributed by atoms with E-state index in [4.69, 9.17) is 5.73 Å². The van der Waals surface area contributed by atoms with E-state index in [1.165, 1.54) is 6.42 Å². The molecular weight excluding hydrogens is 160 g/mol. The first-order valence-corrected chi connectivity index (χ1v) is 4.64. The molecule has 0 aromatic carbocycles. The first-order valence-electron chi connectivity index (χ1n) is 4.64. The Kier molecular flexibility index (Phi) is 3.50. The third-order valence-corrected chi connectivity index (χ3v) is 2.01. The Morgan fingerprint density at radius 2 is 2.38 bits per heavy atom. The van der Waals surface area contributed by atoms with Crippen molar-refractivity contribution in [2.45, 2.75) is 26.2 Å². The average Bonchev–Trinajstić information content (AvgIpc) is 2.15. The zero-order chi connectivity index (χ0) is 9.68. The maximum atomic E-state index is 5.77. The fraction of sp³-hybridized carbons (Fsp3) is 0.364. The number of hydrogen-bond acceptors (Lipinski definition) is 2. The summed E-state index contributed by atoms with van der Waals surface area (Å²) in [5.74, 6) is 0. The van der Waals surface area contributed by atoms with Gasteiger partial charge in [-0.15, -0.1) is 0 Å². The summed E-state index contributed by atoms with van der Waals surface area (Å²) in [7, 11) is 0. The molecular formula is C11H16N2. The predicted molar refractivity (Wildman–Crippen MR) is 57.2 cm³/mol. The Morgan fingerprint density at radius 3 is 3.00 bits per heavy atom. The third kappa shape index (κ3) is 2.58. The first-order chi connectivity index (χ1) is 6.25. The fourth-order valence-electron chi connectivity index (χ4n) is 1.22. The molecule has 0 aliphatic heterocycles. The van der Waals surface area contributed by atoms with Crippen LogP contribution in [0.3, 0.4) is 0 Å². The summed E-state index contributed by atoms with van der Waals surface area (Å²) in [5, 5.41) is 0. The van der Waals surface area contributed by atoms with E-state index in [9.17, 15) is 0 Å². The fourth-order valence-corrected chi connectivity index (χ4v) is 1.22. The Bertz CT molecular complexity index is 292. The second kappa shape index (κ2) is 4.65. The van der Waals surface area contributed by atoms with Gasteiger partial charge >= 0.3 is 0 Å².